The van der Waals surface area contributed by atoms with Crippen LogP contribution in [0.5, 0.6) is 5.75 Å². The van der Waals surface area contributed by atoms with Gasteiger partial charge in [0, 0.05) is 30.4 Å². The molecule has 1 N–H and O–H groups in total. The zero-order chi connectivity index (χ0) is 21.3. The summed E-state index contributed by atoms with van der Waals surface area (Å²) in [5.41, 5.74) is 3.83. The van der Waals surface area contributed by atoms with E-state index in [0.29, 0.717) is 24.3 Å². The summed E-state index contributed by atoms with van der Waals surface area (Å²) in [5.74, 6) is -0.0357. The summed E-state index contributed by atoms with van der Waals surface area (Å²) in [6.45, 7) is -0.222. The third-order valence-electron chi connectivity index (χ3n) is 4.86. The van der Waals surface area contributed by atoms with Crippen LogP contribution in [0.4, 0.5) is 18.9 Å². The molecule has 156 valence electrons. The van der Waals surface area contributed by atoms with Crippen molar-refractivity contribution < 1.29 is 22.7 Å². The van der Waals surface area contributed by atoms with Gasteiger partial charge in [-0.15, -0.1) is 0 Å². The molecule has 0 bridgehead atoms. The number of para-hydroxylation sites is 2. The standard InChI is InChI=1S/C21H19F3N4O2/c1-25-20(29)14-6-8-16(9-7-14)27-11-15-10-26-28(18(15)12-27)17-4-2-3-5-19(17)30-13-21(22,23)24/h2-10H,11-13H2,1H3,(H,25,29). The highest BCUT2D eigenvalue weighted by Gasteiger charge is 2.30. The molecule has 1 aliphatic heterocycles. The predicted octanol–water partition coefficient (Wildman–Crippen LogP) is 3.69. The van der Waals surface area contributed by atoms with Crippen molar-refractivity contribution in [2.24, 2.45) is 0 Å². The minimum Gasteiger partial charge on any atom is -0.482 e. The lowest BCUT2D eigenvalue weighted by Crippen LogP contribution is -2.20. The summed E-state index contributed by atoms with van der Waals surface area (Å²) >= 11 is 0. The summed E-state index contributed by atoms with van der Waals surface area (Å²) < 4.78 is 44.4. The fourth-order valence-corrected chi connectivity index (χ4v) is 3.42. The van der Waals surface area contributed by atoms with E-state index in [4.69, 9.17) is 4.74 Å². The zero-order valence-electron chi connectivity index (χ0n) is 16.1. The van der Waals surface area contributed by atoms with Crippen LogP contribution in [-0.2, 0) is 13.1 Å². The monoisotopic (exact) mass is 416 g/mol. The van der Waals surface area contributed by atoms with Crippen LogP contribution in [0.2, 0.25) is 0 Å². The van der Waals surface area contributed by atoms with Crippen LogP contribution in [0.15, 0.2) is 54.7 Å². The van der Waals surface area contributed by atoms with Crippen molar-refractivity contribution >= 4 is 11.6 Å². The number of carbonyl (C=O) groups excluding carboxylic acids is 1. The Balaban J connectivity index is 1.57. The SMILES string of the molecule is CNC(=O)c1ccc(N2Cc3cnn(-c4ccccc4OCC(F)(F)F)c3C2)cc1. The fraction of sp³-hybridized carbons (Fsp3) is 0.238. The van der Waals surface area contributed by atoms with Crippen LogP contribution in [0.3, 0.4) is 0 Å². The molecule has 0 atom stereocenters. The molecular formula is C21H19F3N4O2. The van der Waals surface area contributed by atoms with Crippen molar-refractivity contribution in [1.82, 2.24) is 15.1 Å². The molecule has 2 aromatic carbocycles. The van der Waals surface area contributed by atoms with Crippen LogP contribution in [0, 0.1) is 0 Å². The maximum atomic E-state index is 12.6. The summed E-state index contributed by atoms with van der Waals surface area (Å²) in [5, 5.41) is 6.95. The van der Waals surface area contributed by atoms with Gasteiger partial charge >= 0.3 is 6.18 Å². The molecule has 6 nitrogen and oxygen atoms in total. The molecule has 0 saturated heterocycles. The molecule has 3 aromatic rings. The highest BCUT2D eigenvalue weighted by Crippen LogP contribution is 2.32. The number of ether oxygens (including phenoxy) is 1. The summed E-state index contributed by atoms with van der Waals surface area (Å²) in [6.07, 6.45) is -2.70. The number of anilines is 1. The third-order valence-corrected chi connectivity index (χ3v) is 4.86. The number of nitrogens with zero attached hydrogens (tertiary/aromatic N) is 3. The first-order valence-electron chi connectivity index (χ1n) is 9.27. The number of carbonyl (C=O) groups is 1. The highest BCUT2D eigenvalue weighted by atomic mass is 19.4. The summed E-state index contributed by atoms with van der Waals surface area (Å²) in [4.78, 5) is 13.8. The molecule has 0 saturated carbocycles. The van der Waals surface area contributed by atoms with E-state index in [1.807, 2.05) is 12.1 Å². The number of nitrogens with one attached hydrogen (secondary N) is 1. The lowest BCUT2D eigenvalue weighted by Gasteiger charge is -2.19. The molecule has 4 rings (SSSR count). The Labute approximate surface area is 170 Å². The number of aromatic nitrogens is 2. The Morgan fingerprint density at radius 3 is 2.57 bits per heavy atom. The smallest absolute Gasteiger partial charge is 0.422 e. The van der Waals surface area contributed by atoms with Crippen molar-refractivity contribution in [3.05, 3.63) is 71.5 Å². The van der Waals surface area contributed by atoms with Gasteiger partial charge in [-0.2, -0.15) is 18.3 Å². The Bertz CT molecular complexity index is 1060. The third kappa shape index (κ3) is 3.96. The van der Waals surface area contributed by atoms with Gasteiger partial charge in [0.2, 0.25) is 0 Å². The van der Waals surface area contributed by atoms with E-state index in [2.05, 4.69) is 15.3 Å². The molecular weight excluding hydrogens is 397 g/mol. The van der Waals surface area contributed by atoms with Gasteiger partial charge in [-0.3, -0.25) is 4.79 Å². The van der Waals surface area contributed by atoms with Crippen LogP contribution in [0.25, 0.3) is 5.69 Å². The molecule has 0 unspecified atom stereocenters. The van der Waals surface area contributed by atoms with Gasteiger partial charge in [0.25, 0.3) is 5.91 Å². The highest BCUT2D eigenvalue weighted by molar-refractivity contribution is 5.94. The van der Waals surface area contributed by atoms with Gasteiger partial charge in [0.15, 0.2) is 6.61 Å². The number of fused-ring (bicyclic) bond motifs is 1. The van der Waals surface area contributed by atoms with Crippen LogP contribution < -0.4 is 15.0 Å². The van der Waals surface area contributed by atoms with Crippen molar-refractivity contribution in [3.8, 4) is 11.4 Å². The van der Waals surface area contributed by atoms with Gasteiger partial charge in [-0.25, -0.2) is 4.68 Å². The molecule has 1 amide bonds. The van der Waals surface area contributed by atoms with Gasteiger partial charge in [0.1, 0.15) is 11.4 Å². The number of hydrogen-bond donors (Lipinski definition) is 1. The number of rotatable bonds is 5. The second kappa shape index (κ2) is 7.74. The lowest BCUT2D eigenvalue weighted by atomic mass is 10.2. The first-order valence-corrected chi connectivity index (χ1v) is 9.27. The normalized spacial score (nSPS) is 13.3. The average Bonchev–Trinajstić information content (AvgIpc) is 3.32. The molecule has 1 aromatic heterocycles. The number of alkyl halides is 3. The molecule has 0 fully saturated rings. The Kier molecular flexibility index (Phi) is 5.11. The average molecular weight is 416 g/mol. The molecule has 0 aliphatic carbocycles. The van der Waals surface area contributed by atoms with Crippen LogP contribution >= 0.6 is 0 Å². The molecule has 0 spiro atoms. The first-order chi connectivity index (χ1) is 14.4. The number of amides is 1. The first kappa shape index (κ1) is 19.8. The predicted molar refractivity (Wildman–Crippen MR) is 105 cm³/mol. The molecule has 0 radical (unpaired) electrons. The number of hydrogen-bond acceptors (Lipinski definition) is 4. The Morgan fingerprint density at radius 1 is 1.13 bits per heavy atom. The van der Waals surface area contributed by atoms with Crippen molar-refractivity contribution in [2.75, 3.05) is 18.6 Å². The second-order valence-electron chi connectivity index (χ2n) is 6.88. The van der Waals surface area contributed by atoms with Crippen molar-refractivity contribution in [2.45, 2.75) is 19.3 Å². The maximum absolute atomic E-state index is 12.6. The Morgan fingerprint density at radius 2 is 1.87 bits per heavy atom. The van der Waals surface area contributed by atoms with Crippen molar-refractivity contribution in [1.29, 1.82) is 0 Å². The fourth-order valence-electron chi connectivity index (χ4n) is 3.42. The molecule has 30 heavy (non-hydrogen) atoms. The van der Waals surface area contributed by atoms with E-state index in [9.17, 15) is 18.0 Å². The quantitative estimate of drug-likeness (QED) is 0.689. The second-order valence-corrected chi connectivity index (χ2v) is 6.88. The molecule has 9 heteroatoms. The molecule has 2 heterocycles. The van der Waals surface area contributed by atoms with Gasteiger partial charge < -0.3 is 15.0 Å². The van der Waals surface area contributed by atoms with Gasteiger partial charge in [0.05, 0.1) is 18.4 Å². The topological polar surface area (TPSA) is 59.4 Å². The van der Waals surface area contributed by atoms with Crippen LogP contribution in [-0.4, -0.2) is 35.5 Å². The zero-order valence-corrected chi connectivity index (χ0v) is 16.1. The Hall–Kier alpha value is -3.49. The van der Waals surface area contributed by atoms with E-state index < -0.39 is 12.8 Å². The van der Waals surface area contributed by atoms with Gasteiger partial charge in [-0.05, 0) is 36.4 Å². The van der Waals surface area contributed by atoms with E-state index >= 15 is 0 Å². The number of halogens is 3. The van der Waals surface area contributed by atoms with E-state index in [1.54, 1.807) is 48.3 Å². The van der Waals surface area contributed by atoms with E-state index in [-0.39, 0.29) is 11.7 Å². The minimum absolute atomic E-state index is 0.120. The lowest BCUT2D eigenvalue weighted by molar-refractivity contribution is -0.153. The summed E-state index contributed by atoms with van der Waals surface area (Å²) in [7, 11) is 1.58. The van der Waals surface area contributed by atoms with Crippen LogP contribution in [0.1, 0.15) is 21.6 Å². The minimum atomic E-state index is -4.42. The van der Waals surface area contributed by atoms with Crippen molar-refractivity contribution in [3.63, 3.8) is 0 Å². The van der Waals surface area contributed by atoms with E-state index in [0.717, 1.165) is 16.9 Å². The largest absolute Gasteiger partial charge is 0.482 e. The number of benzene rings is 2. The molecule has 1 aliphatic rings. The maximum Gasteiger partial charge on any atom is 0.422 e. The van der Waals surface area contributed by atoms with Gasteiger partial charge in [-0.1, -0.05) is 12.1 Å². The van der Waals surface area contributed by atoms with E-state index in [1.165, 1.54) is 6.07 Å². The summed E-state index contributed by atoms with van der Waals surface area (Å²) in [6, 6.07) is 13.8.